The molecule has 32 heavy (non-hydrogen) atoms. The predicted molar refractivity (Wildman–Crippen MR) is 119 cm³/mol. The van der Waals surface area contributed by atoms with Gasteiger partial charge in [-0.15, -0.1) is 0 Å². The fourth-order valence-corrected chi connectivity index (χ4v) is 2.83. The molecule has 2 atom stereocenters. The molecule has 0 aliphatic carbocycles. The second-order valence-corrected chi connectivity index (χ2v) is 8.82. The number of nitrogens with two attached hydrogens (primary N) is 1. The molecule has 0 radical (unpaired) electrons. The SMILES string of the molecule is CC(C)C(CC(=O)NCCOc1ccccc1)C(=O)NC(CC(=O)OC(C)(C)C)C(N)=O. The Bertz CT molecular complexity index is 774. The second-order valence-electron chi connectivity index (χ2n) is 8.82. The summed E-state index contributed by atoms with van der Waals surface area (Å²) in [6, 6.07) is 7.98. The Labute approximate surface area is 189 Å². The minimum atomic E-state index is -1.22. The lowest BCUT2D eigenvalue weighted by atomic mass is 9.90. The highest BCUT2D eigenvalue weighted by Gasteiger charge is 2.30. The van der Waals surface area contributed by atoms with Gasteiger partial charge in [-0.1, -0.05) is 32.0 Å². The molecule has 1 aromatic carbocycles. The van der Waals surface area contributed by atoms with Gasteiger partial charge in [-0.05, 0) is 38.8 Å². The van der Waals surface area contributed by atoms with Crippen molar-refractivity contribution in [3.63, 3.8) is 0 Å². The topological polar surface area (TPSA) is 137 Å². The number of hydrogen-bond donors (Lipinski definition) is 3. The van der Waals surface area contributed by atoms with Crippen LogP contribution in [-0.2, 0) is 23.9 Å². The van der Waals surface area contributed by atoms with Crippen LogP contribution in [0.3, 0.4) is 0 Å². The molecule has 1 rings (SSSR count). The molecule has 1 aromatic rings. The van der Waals surface area contributed by atoms with Crippen LogP contribution in [0.15, 0.2) is 30.3 Å². The molecule has 0 spiro atoms. The van der Waals surface area contributed by atoms with Gasteiger partial charge < -0.3 is 25.8 Å². The Kier molecular flexibility index (Phi) is 10.7. The lowest BCUT2D eigenvalue weighted by Crippen LogP contribution is -2.49. The molecule has 0 fully saturated rings. The van der Waals surface area contributed by atoms with Crippen molar-refractivity contribution in [2.75, 3.05) is 13.2 Å². The van der Waals surface area contributed by atoms with Crippen LogP contribution in [0.2, 0.25) is 0 Å². The number of hydrogen-bond acceptors (Lipinski definition) is 6. The summed E-state index contributed by atoms with van der Waals surface area (Å²) in [7, 11) is 0. The van der Waals surface area contributed by atoms with Gasteiger partial charge in [0.15, 0.2) is 0 Å². The molecular weight excluding hydrogens is 414 g/mol. The number of amides is 3. The van der Waals surface area contributed by atoms with Crippen LogP contribution in [0, 0.1) is 11.8 Å². The van der Waals surface area contributed by atoms with Crippen LogP contribution in [0.5, 0.6) is 5.75 Å². The average Bonchev–Trinajstić information content (AvgIpc) is 2.67. The number of rotatable bonds is 12. The molecule has 0 aliphatic heterocycles. The Balaban J connectivity index is 2.58. The van der Waals surface area contributed by atoms with Crippen molar-refractivity contribution >= 4 is 23.7 Å². The zero-order valence-electron chi connectivity index (χ0n) is 19.5. The summed E-state index contributed by atoms with van der Waals surface area (Å²) in [6.07, 6.45) is -0.459. The van der Waals surface area contributed by atoms with E-state index in [2.05, 4.69) is 10.6 Å². The van der Waals surface area contributed by atoms with Crippen LogP contribution in [-0.4, -0.2) is 48.5 Å². The van der Waals surface area contributed by atoms with Crippen molar-refractivity contribution in [1.82, 2.24) is 10.6 Å². The first-order chi connectivity index (χ1) is 14.9. The van der Waals surface area contributed by atoms with Crippen LogP contribution in [0.25, 0.3) is 0 Å². The number of ether oxygens (including phenoxy) is 2. The maximum Gasteiger partial charge on any atom is 0.308 e. The molecule has 0 saturated carbocycles. The minimum absolute atomic E-state index is 0.0766. The van der Waals surface area contributed by atoms with E-state index >= 15 is 0 Å². The number of carbonyl (C=O) groups excluding carboxylic acids is 4. The maximum absolute atomic E-state index is 12.7. The van der Waals surface area contributed by atoms with Gasteiger partial charge in [-0.3, -0.25) is 19.2 Å². The first-order valence-electron chi connectivity index (χ1n) is 10.6. The largest absolute Gasteiger partial charge is 0.492 e. The zero-order chi connectivity index (χ0) is 24.3. The molecule has 0 aromatic heterocycles. The standard InChI is InChI=1S/C23H35N3O6/c1-15(2)17(13-19(27)25-11-12-31-16-9-7-6-8-10-16)22(30)26-18(21(24)29)14-20(28)32-23(3,4)5/h6-10,15,17-18H,11-14H2,1-5H3,(H2,24,29)(H,25,27)(H,26,30). The normalized spacial score (nSPS) is 13.1. The first-order valence-corrected chi connectivity index (χ1v) is 10.6. The molecule has 178 valence electrons. The molecular formula is C23H35N3O6. The highest BCUT2D eigenvalue weighted by molar-refractivity contribution is 5.92. The van der Waals surface area contributed by atoms with E-state index in [1.54, 1.807) is 34.6 Å². The third kappa shape index (κ3) is 10.8. The highest BCUT2D eigenvalue weighted by atomic mass is 16.6. The first kappa shape index (κ1) is 26.9. The fourth-order valence-electron chi connectivity index (χ4n) is 2.83. The third-order valence-electron chi connectivity index (χ3n) is 4.43. The molecule has 0 saturated heterocycles. The van der Waals surface area contributed by atoms with Gasteiger partial charge in [0, 0.05) is 12.3 Å². The number of carbonyl (C=O) groups is 4. The lowest BCUT2D eigenvalue weighted by Gasteiger charge is -2.24. The Morgan fingerprint density at radius 1 is 1.03 bits per heavy atom. The zero-order valence-corrected chi connectivity index (χ0v) is 19.5. The van der Waals surface area contributed by atoms with Crippen molar-refractivity contribution in [3.8, 4) is 5.75 Å². The number of benzene rings is 1. The second kappa shape index (κ2) is 12.7. The average molecular weight is 450 g/mol. The molecule has 3 amide bonds. The van der Waals surface area contributed by atoms with Crippen molar-refractivity contribution in [3.05, 3.63) is 30.3 Å². The summed E-state index contributed by atoms with van der Waals surface area (Å²) in [5.41, 5.74) is 4.62. The quantitative estimate of drug-likeness (QED) is 0.327. The number of nitrogens with one attached hydrogen (secondary N) is 2. The van der Waals surface area contributed by atoms with E-state index in [0.717, 1.165) is 0 Å². The van der Waals surface area contributed by atoms with Crippen molar-refractivity contribution < 1.29 is 28.7 Å². The molecule has 0 heterocycles. The molecule has 9 nitrogen and oxygen atoms in total. The summed E-state index contributed by atoms with van der Waals surface area (Å²) in [5.74, 6) is -2.54. The van der Waals surface area contributed by atoms with E-state index in [0.29, 0.717) is 5.75 Å². The van der Waals surface area contributed by atoms with Crippen LogP contribution in [0.4, 0.5) is 0 Å². The van der Waals surface area contributed by atoms with E-state index in [9.17, 15) is 19.2 Å². The van der Waals surface area contributed by atoms with Gasteiger partial charge >= 0.3 is 5.97 Å². The van der Waals surface area contributed by atoms with Crippen LogP contribution >= 0.6 is 0 Å². The smallest absolute Gasteiger partial charge is 0.308 e. The van der Waals surface area contributed by atoms with Crippen LogP contribution in [0.1, 0.15) is 47.5 Å². The highest BCUT2D eigenvalue weighted by Crippen LogP contribution is 2.17. The van der Waals surface area contributed by atoms with E-state index in [1.165, 1.54) is 0 Å². The Hall–Kier alpha value is -3.10. The van der Waals surface area contributed by atoms with E-state index in [-0.39, 0.29) is 37.8 Å². The van der Waals surface area contributed by atoms with Gasteiger partial charge in [0.2, 0.25) is 17.7 Å². The third-order valence-corrected chi connectivity index (χ3v) is 4.43. The summed E-state index contributed by atoms with van der Waals surface area (Å²) in [4.78, 5) is 48.8. The summed E-state index contributed by atoms with van der Waals surface area (Å²) < 4.78 is 10.7. The van der Waals surface area contributed by atoms with Gasteiger partial charge in [-0.2, -0.15) is 0 Å². The lowest BCUT2D eigenvalue weighted by molar-refractivity contribution is -0.156. The monoisotopic (exact) mass is 449 g/mol. The number of esters is 1. The van der Waals surface area contributed by atoms with E-state index < -0.39 is 35.3 Å². The van der Waals surface area contributed by atoms with Crippen molar-refractivity contribution in [2.24, 2.45) is 17.6 Å². The Morgan fingerprint density at radius 2 is 1.66 bits per heavy atom. The summed E-state index contributed by atoms with van der Waals surface area (Å²) >= 11 is 0. The molecule has 0 aliphatic rings. The minimum Gasteiger partial charge on any atom is -0.492 e. The van der Waals surface area contributed by atoms with Gasteiger partial charge in [-0.25, -0.2) is 0 Å². The van der Waals surface area contributed by atoms with Gasteiger partial charge in [0.25, 0.3) is 0 Å². The predicted octanol–water partition coefficient (Wildman–Crippen LogP) is 1.55. The fraction of sp³-hybridized carbons (Fsp3) is 0.565. The van der Waals surface area contributed by atoms with Crippen molar-refractivity contribution in [2.45, 2.75) is 59.1 Å². The number of primary amides is 1. The maximum atomic E-state index is 12.7. The van der Waals surface area contributed by atoms with E-state index in [1.807, 2.05) is 30.3 Å². The number of para-hydroxylation sites is 1. The molecule has 4 N–H and O–H groups in total. The van der Waals surface area contributed by atoms with Crippen LogP contribution < -0.4 is 21.1 Å². The molecule has 0 bridgehead atoms. The molecule has 9 heteroatoms. The van der Waals surface area contributed by atoms with Gasteiger partial charge in [0.1, 0.15) is 24.0 Å². The summed E-state index contributed by atoms with van der Waals surface area (Å²) in [6.45, 7) is 9.24. The van der Waals surface area contributed by atoms with Gasteiger partial charge in [0.05, 0.1) is 13.0 Å². The summed E-state index contributed by atoms with van der Waals surface area (Å²) in [5, 5.41) is 5.21. The Morgan fingerprint density at radius 3 is 2.19 bits per heavy atom. The molecule has 2 unspecified atom stereocenters. The van der Waals surface area contributed by atoms with E-state index in [4.69, 9.17) is 15.2 Å². The van der Waals surface area contributed by atoms with Crippen molar-refractivity contribution in [1.29, 1.82) is 0 Å².